The van der Waals surface area contributed by atoms with Gasteiger partial charge in [0.2, 0.25) is 5.82 Å². The largest absolute Gasteiger partial charge is 0.331 e. The number of carbonyl (C=O) groups excluding carboxylic acids is 2. The maximum Gasteiger partial charge on any atom is 0.331 e. The molecule has 3 amide bonds. The first kappa shape index (κ1) is 25.2. The van der Waals surface area contributed by atoms with Crippen LogP contribution in [-0.2, 0) is 4.79 Å². The maximum atomic E-state index is 14.2. The van der Waals surface area contributed by atoms with Gasteiger partial charge in [0.25, 0.3) is 11.5 Å². The summed E-state index contributed by atoms with van der Waals surface area (Å²) in [5.74, 6) is 2.10. The molecule has 8 nitrogen and oxygen atoms in total. The topological polar surface area (TPSA) is 87.5 Å². The normalized spacial score (nSPS) is 36.3. The molecule has 1 aromatic heterocycles. The smallest absolute Gasteiger partial charge is 0.323 e. The molecule has 4 heterocycles. The van der Waals surface area contributed by atoms with Gasteiger partial charge in [0.05, 0.1) is 11.0 Å². The van der Waals surface area contributed by atoms with Crippen molar-refractivity contribution in [1.29, 1.82) is 0 Å². The third-order valence-electron chi connectivity index (χ3n) is 10.5. The molecule has 0 spiro atoms. The van der Waals surface area contributed by atoms with E-state index in [4.69, 9.17) is 0 Å². The zero-order valence-corrected chi connectivity index (χ0v) is 23.4. The first-order valence-corrected chi connectivity index (χ1v) is 15.1. The molecule has 1 aromatic carbocycles. The van der Waals surface area contributed by atoms with Gasteiger partial charge in [-0.3, -0.25) is 14.5 Å². The highest BCUT2D eigenvalue weighted by atomic mass is 16.2. The number of imide groups is 1. The average Bonchev–Trinajstić information content (AvgIpc) is 3.08. The van der Waals surface area contributed by atoms with E-state index in [1.165, 1.54) is 51.4 Å². The Bertz CT molecular complexity index is 1350. The second-order valence-corrected chi connectivity index (χ2v) is 13.8. The predicted octanol–water partition coefficient (Wildman–Crippen LogP) is 5.00. The summed E-state index contributed by atoms with van der Waals surface area (Å²) < 4.78 is 1.88. The van der Waals surface area contributed by atoms with Gasteiger partial charge in [-0.25, -0.2) is 14.7 Å². The fourth-order valence-corrected chi connectivity index (χ4v) is 9.18. The molecule has 7 rings (SSSR count). The Kier molecular flexibility index (Phi) is 5.92. The summed E-state index contributed by atoms with van der Waals surface area (Å²) in [5.41, 5.74) is 0.0160. The lowest BCUT2D eigenvalue weighted by Gasteiger charge is -2.55. The first-order valence-electron chi connectivity index (χ1n) is 15.1. The number of fused-ring (bicyclic) bond motifs is 5. The lowest BCUT2D eigenvalue weighted by Crippen LogP contribution is -2.59. The Morgan fingerprint density at radius 3 is 2.15 bits per heavy atom. The Hall–Kier alpha value is -2.74. The summed E-state index contributed by atoms with van der Waals surface area (Å²) in [4.78, 5) is 48.6. The molecular weight excluding hydrogens is 490 g/mol. The molecule has 4 atom stereocenters. The minimum absolute atomic E-state index is 0.0209. The number of aromatic nitrogens is 2. The summed E-state index contributed by atoms with van der Waals surface area (Å²) in [7, 11) is 0. The van der Waals surface area contributed by atoms with Crippen LogP contribution >= 0.6 is 0 Å². The van der Waals surface area contributed by atoms with Crippen LogP contribution in [0.15, 0.2) is 29.1 Å². The van der Waals surface area contributed by atoms with Gasteiger partial charge in [-0.15, -0.1) is 0 Å². The molecule has 3 aliphatic heterocycles. The Morgan fingerprint density at radius 1 is 0.846 bits per heavy atom. The van der Waals surface area contributed by atoms with Crippen LogP contribution in [0.4, 0.5) is 10.6 Å². The van der Waals surface area contributed by atoms with Crippen LogP contribution in [0.2, 0.25) is 0 Å². The van der Waals surface area contributed by atoms with E-state index in [0.29, 0.717) is 23.6 Å². The van der Waals surface area contributed by atoms with Gasteiger partial charge in [-0.1, -0.05) is 25.5 Å². The molecule has 1 N–H and O–H groups in total. The second kappa shape index (κ2) is 9.15. The molecular formula is C31H41N5O3. The third kappa shape index (κ3) is 4.12. The predicted molar refractivity (Wildman–Crippen MR) is 151 cm³/mol. The number of hydrogen-bond donors (Lipinski definition) is 1. The number of rotatable bonds is 3. The van der Waals surface area contributed by atoms with Crippen molar-refractivity contribution in [3.63, 3.8) is 0 Å². The average molecular weight is 532 g/mol. The van der Waals surface area contributed by atoms with E-state index in [1.54, 1.807) is 13.8 Å². The zero-order valence-electron chi connectivity index (χ0n) is 23.4. The molecule has 4 unspecified atom stereocenters. The van der Waals surface area contributed by atoms with Crippen LogP contribution in [0.1, 0.15) is 91.0 Å². The van der Waals surface area contributed by atoms with Crippen molar-refractivity contribution in [2.75, 3.05) is 4.90 Å². The van der Waals surface area contributed by atoms with Crippen molar-refractivity contribution in [2.24, 2.45) is 17.8 Å². The van der Waals surface area contributed by atoms with Crippen molar-refractivity contribution >= 4 is 28.8 Å². The van der Waals surface area contributed by atoms with Crippen molar-refractivity contribution in [2.45, 2.75) is 115 Å². The molecule has 8 heteroatoms. The van der Waals surface area contributed by atoms with Gasteiger partial charge in [0.1, 0.15) is 5.54 Å². The van der Waals surface area contributed by atoms with Gasteiger partial charge >= 0.3 is 6.03 Å². The number of anilines is 1. The number of piperidine rings is 2. The Morgan fingerprint density at radius 2 is 1.51 bits per heavy atom. The minimum Gasteiger partial charge on any atom is -0.323 e. The fourth-order valence-electron chi connectivity index (χ4n) is 9.18. The highest BCUT2D eigenvalue weighted by Crippen LogP contribution is 2.48. The standard InChI is InChI=1S/C31H41N5O3/c1-18-11-19-13-20(12-18)15-23(14-19)34-21-7-6-8-22(34)17-24(16-21)35-26-10-5-4-9-25(26)32-27(28(35)37)36-29(38)31(2,3)33-30(36)39/h4-5,9-10,18-24H,6-8,11-17H2,1-3H3,(H,33,39). The molecule has 5 fully saturated rings. The molecule has 208 valence electrons. The summed E-state index contributed by atoms with van der Waals surface area (Å²) >= 11 is 0. The van der Waals surface area contributed by atoms with E-state index in [2.05, 4.69) is 22.1 Å². The summed E-state index contributed by atoms with van der Waals surface area (Å²) in [5, 5.41) is 2.70. The van der Waals surface area contributed by atoms with E-state index in [0.717, 1.165) is 41.0 Å². The van der Waals surface area contributed by atoms with E-state index in [-0.39, 0.29) is 17.4 Å². The van der Waals surface area contributed by atoms with Crippen molar-refractivity contribution in [1.82, 2.24) is 19.8 Å². The molecule has 2 saturated carbocycles. The molecule has 4 bridgehead atoms. The van der Waals surface area contributed by atoms with Crippen LogP contribution in [0.3, 0.4) is 0 Å². The summed E-state index contributed by atoms with van der Waals surface area (Å²) in [6.07, 6.45) is 12.3. The monoisotopic (exact) mass is 531 g/mol. The van der Waals surface area contributed by atoms with Crippen molar-refractivity contribution in [3.8, 4) is 0 Å². The van der Waals surface area contributed by atoms with Crippen LogP contribution in [0, 0.1) is 17.8 Å². The van der Waals surface area contributed by atoms with E-state index < -0.39 is 17.5 Å². The summed E-state index contributed by atoms with van der Waals surface area (Å²) in [6.45, 7) is 5.75. The van der Waals surface area contributed by atoms with Gasteiger partial charge < -0.3 is 9.88 Å². The molecule has 3 saturated heterocycles. The number of carbonyl (C=O) groups is 2. The van der Waals surface area contributed by atoms with Gasteiger partial charge in [0.15, 0.2) is 0 Å². The third-order valence-corrected chi connectivity index (χ3v) is 10.5. The minimum atomic E-state index is -1.07. The van der Waals surface area contributed by atoms with Crippen LogP contribution in [0.5, 0.6) is 0 Å². The zero-order chi connectivity index (χ0) is 27.1. The van der Waals surface area contributed by atoms with E-state index in [9.17, 15) is 14.4 Å². The second-order valence-electron chi connectivity index (χ2n) is 13.8. The highest BCUT2D eigenvalue weighted by Gasteiger charge is 2.49. The van der Waals surface area contributed by atoms with Gasteiger partial charge in [0, 0.05) is 24.2 Å². The summed E-state index contributed by atoms with van der Waals surface area (Å²) in [6, 6.07) is 8.71. The molecule has 2 aliphatic carbocycles. The number of amides is 3. The van der Waals surface area contributed by atoms with Crippen LogP contribution in [0.25, 0.3) is 11.0 Å². The fraction of sp³-hybridized carbons (Fsp3) is 0.677. The molecule has 39 heavy (non-hydrogen) atoms. The molecule has 5 aliphatic rings. The lowest BCUT2D eigenvalue weighted by atomic mass is 9.65. The number of hydrogen-bond acceptors (Lipinski definition) is 5. The number of benzene rings is 1. The van der Waals surface area contributed by atoms with E-state index in [1.807, 2.05) is 28.8 Å². The van der Waals surface area contributed by atoms with Crippen LogP contribution in [-0.4, -0.2) is 50.1 Å². The van der Waals surface area contributed by atoms with E-state index >= 15 is 0 Å². The van der Waals surface area contributed by atoms with Crippen molar-refractivity contribution < 1.29 is 9.59 Å². The Balaban J connectivity index is 1.24. The van der Waals surface area contributed by atoms with Gasteiger partial charge in [-0.05, 0) is 102 Å². The number of nitrogens with one attached hydrogen (secondary N) is 1. The molecule has 0 radical (unpaired) electrons. The SMILES string of the molecule is CC1CC2CC(C1)CC(N1C3CCCC1CC(n1c(=O)c(N4C(=O)NC(C)(C)C4=O)nc4ccccc41)C3)C2. The lowest BCUT2D eigenvalue weighted by molar-refractivity contribution is -0.121. The Labute approximate surface area is 230 Å². The first-order chi connectivity index (χ1) is 18.7. The van der Waals surface area contributed by atoms with Gasteiger partial charge in [-0.2, -0.15) is 0 Å². The van der Waals surface area contributed by atoms with Crippen LogP contribution < -0.4 is 15.8 Å². The quantitative estimate of drug-likeness (QED) is 0.563. The highest BCUT2D eigenvalue weighted by molar-refractivity contribution is 6.22. The number of para-hydroxylation sites is 2. The molecule has 2 aromatic rings. The number of urea groups is 1. The maximum absolute atomic E-state index is 14.2. The number of nitrogens with zero attached hydrogens (tertiary/aromatic N) is 4. The van der Waals surface area contributed by atoms with Crippen molar-refractivity contribution in [3.05, 3.63) is 34.6 Å².